The maximum atomic E-state index is 11.0. The minimum Gasteiger partial charge on any atom is -0.302 e. The van der Waals surface area contributed by atoms with Crippen molar-refractivity contribution in [3.05, 3.63) is 0 Å². The van der Waals surface area contributed by atoms with Crippen LogP contribution in [0.3, 0.4) is 0 Å². The molecule has 0 spiro atoms. The molecular formula is C8H18N2O2S. The highest BCUT2D eigenvalue weighted by molar-refractivity contribution is 7.88. The normalized spacial score (nSPS) is 26.2. The first-order valence-electron chi connectivity index (χ1n) is 4.71. The Labute approximate surface area is 80.4 Å². The van der Waals surface area contributed by atoms with Crippen LogP contribution in [0.25, 0.3) is 0 Å². The minimum atomic E-state index is -3.03. The molecule has 0 saturated carbocycles. The van der Waals surface area contributed by atoms with Crippen molar-refractivity contribution in [1.82, 2.24) is 9.62 Å². The summed E-state index contributed by atoms with van der Waals surface area (Å²) in [5.41, 5.74) is 0. The quantitative estimate of drug-likeness (QED) is 0.708. The van der Waals surface area contributed by atoms with E-state index >= 15 is 0 Å². The zero-order valence-corrected chi connectivity index (χ0v) is 9.10. The molecule has 0 aliphatic carbocycles. The molecule has 1 heterocycles. The average molecular weight is 206 g/mol. The molecule has 1 aliphatic rings. The van der Waals surface area contributed by atoms with E-state index in [0.29, 0.717) is 0 Å². The van der Waals surface area contributed by atoms with Gasteiger partial charge < -0.3 is 4.90 Å². The molecule has 78 valence electrons. The molecule has 1 unspecified atom stereocenters. The van der Waals surface area contributed by atoms with Crippen molar-refractivity contribution in [1.29, 1.82) is 0 Å². The summed E-state index contributed by atoms with van der Waals surface area (Å²) in [5.74, 6) is 0. The molecule has 1 rings (SSSR count). The molecule has 0 aromatic heterocycles. The number of piperidine rings is 1. The molecule has 1 aliphatic heterocycles. The fourth-order valence-corrected chi connectivity index (χ4v) is 2.54. The number of likely N-dealkylation sites (tertiary alicyclic amines) is 1. The van der Waals surface area contributed by atoms with Crippen LogP contribution < -0.4 is 4.72 Å². The lowest BCUT2D eigenvalue weighted by Gasteiger charge is -2.31. The summed E-state index contributed by atoms with van der Waals surface area (Å²) in [4.78, 5) is 2.27. The first-order chi connectivity index (χ1) is 6.01. The lowest BCUT2D eigenvalue weighted by molar-refractivity contribution is 0.211. The van der Waals surface area contributed by atoms with Crippen molar-refractivity contribution in [3.8, 4) is 0 Å². The van der Waals surface area contributed by atoms with E-state index in [0.717, 1.165) is 32.5 Å². The van der Waals surface area contributed by atoms with Gasteiger partial charge in [0.15, 0.2) is 0 Å². The molecule has 0 aromatic rings. The Balaban J connectivity index is 2.43. The number of hydrogen-bond donors (Lipinski definition) is 1. The molecule has 4 nitrogen and oxygen atoms in total. The first kappa shape index (κ1) is 10.9. The van der Waals surface area contributed by atoms with Crippen molar-refractivity contribution in [2.75, 3.05) is 25.9 Å². The van der Waals surface area contributed by atoms with Crippen LogP contribution in [0, 0.1) is 0 Å². The van der Waals surface area contributed by atoms with E-state index in [-0.39, 0.29) is 6.04 Å². The van der Waals surface area contributed by atoms with Crippen molar-refractivity contribution in [2.24, 2.45) is 0 Å². The molecular weight excluding hydrogens is 188 g/mol. The van der Waals surface area contributed by atoms with Gasteiger partial charge in [0.2, 0.25) is 10.0 Å². The van der Waals surface area contributed by atoms with Crippen LogP contribution in [-0.2, 0) is 10.0 Å². The molecule has 1 saturated heterocycles. The predicted molar refractivity (Wildman–Crippen MR) is 53.1 cm³/mol. The van der Waals surface area contributed by atoms with Gasteiger partial charge in [0.05, 0.1) is 6.26 Å². The molecule has 0 radical (unpaired) electrons. The summed E-state index contributed by atoms with van der Waals surface area (Å²) in [6.07, 6.45) is 3.27. The van der Waals surface area contributed by atoms with E-state index in [2.05, 4.69) is 16.5 Å². The van der Waals surface area contributed by atoms with Crippen molar-refractivity contribution in [2.45, 2.75) is 25.8 Å². The van der Waals surface area contributed by atoms with E-state index < -0.39 is 10.0 Å². The maximum Gasteiger partial charge on any atom is 0.208 e. The third-order valence-electron chi connectivity index (χ3n) is 2.33. The lowest BCUT2D eigenvalue weighted by atomic mass is 10.1. The molecule has 0 bridgehead atoms. The molecule has 1 N–H and O–H groups in total. The molecule has 1 atom stereocenters. The summed E-state index contributed by atoms with van der Waals surface area (Å²) < 4.78 is 24.6. The Bertz CT molecular complexity index is 251. The summed E-state index contributed by atoms with van der Waals surface area (Å²) in [7, 11) is -3.03. The molecule has 5 heteroatoms. The van der Waals surface area contributed by atoms with Crippen molar-refractivity contribution < 1.29 is 8.42 Å². The third-order valence-corrected chi connectivity index (χ3v) is 3.09. The van der Waals surface area contributed by atoms with Gasteiger partial charge in [-0.2, -0.15) is 0 Å². The topological polar surface area (TPSA) is 49.4 Å². The van der Waals surface area contributed by atoms with E-state index in [1.165, 1.54) is 6.26 Å². The fourth-order valence-electron chi connectivity index (χ4n) is 1.74. The van der Waals surface area contributed by atoms with Gasteiger partial charge in [0.25, 0.3) is 0 Å². The van der Waals surface area contributed by atoms with E-state index in [1.54, 1.807) is 0 Å². The standard InChI is InChI=1S/C8H18N2O2S/c1-3-10-6-4-5-8(7-10)9-13(2,11)12/h8-9H,3-7H2,1-2H3. The van der Waals surface area contributed by atoms with Crippen LogP contribution in [0.5, 0.6) is 0 Å². The van der Waals surface area contributed by atoms with Gasteiger partial charge in [-0.3, -0.25) is 0 Å². The number of nitrogens with zero attached hydrogens (tertiary/aromatic N) is 1. The minimum absolute atomic E-state index is 0.115. The maximum absolute atomic E-state index is 11.0. The second kappa shape index (κ2) is 4.39. The van der Waals surface area contributed by atoms with Crippen LogP contribution in [0.2, 0.25) is 0 Å². The number of hydrogen-bond acceptors (Lipinski definition) is 3. The van der Waals surface area contributed by atoms with Crippen LogP contribution in [0.15, 0.2) is 0 Å². The Hall–Kier alpha value is -0.130. The monoisotopic (exact) mass is 206 g/mol. The average Bonchev–Trinajstić information content (AvgIpc) is 2.01. The SMILES string of the molecule is CCN1CCCC(NS(C)(=O)=O)C1. The highest BCUT2D eigenvalue weighted by Crippen LogP contribution is 2.09. The van der Waals surface area contributed by atoms with Crippen LogP contribution in [0.4, 0.5) is 0 Å². The van der Waals surface area contributed by atoms with Gasteiger partial charge in [-0.1, -0.05) is 6.92 Å². The Morgan fingerprint density at radius 2 is 2.23 bits per heavy atom. The van der Waals surface area contributed by atoms with Gasteiger partial charge in [-0.15, -0.1) is 0 Å². The van der Waals surface area contributed by atoms with Crippen molar-refractivity contribution in [3.63, 3.8) is 0 Å². The van der Waals surface area contributed by atoms with Gasteiger partial charge in [-0.25, -0.2) is 13.1 Å². The predicted octanol–water partition coefficient (Wildman–Crippen LogP) is 0.0199. The van der Waals surface area contributed by atoms with Crippen LogP contribution in [0.1, 0.15) is 19.8 Å². The van der Waals surface area contributed by atoms with Crippen molar-refractivity contribution >= 4 is 10.0 Å². The second-order valence-corrected chi connectivity index (χ2v) is 5.40. The van der Waals surface area contributed by atoms with E-state index in [1.807, 2.05) is 0 Å². The fraction of sp³-hybridized carbons (Fsp3) is 1.00. The smallest absolute Gasteiger partial charge is 0.208 e. The van der Waals surface area contributed by atoms with Gasteiger partial charge in [-0.05, 0) is 25.9 Å². The highest BCUT2D eigenvalue weighted by Gasteiger charge is 2.20. The zero-order valence-electron chi connectivity index (χ0n) is 8.28. The molecule has 0 aromatic carbocycles. The summed E-state index contributed by atoms with van der Waals surface area (Å²) in [6, 6.07) is 0.115. The summed E-state index contributed by atoms with van der Waals surface area (Å²) in [6.45, 7) is 5.05. The summed E-state index contributed by atoms with van der Waals surface area (Å²) in [5, 5.41) is 0. The number of rotatable bonds is 3. The number of sulfonamides is 1. The number of nitrogens with one attached hydrogen (secondary N) is 1. The van der Waals surface area contributed by atoms with Gasteiger partial charge in [0, 0.05) is 12.6 Å². The Morgan fingerprint density at radius 1 is 1.54 bits per heavy atom. The summed E-state index contributed by atoms with van der Waals surface area (Å²) >= 11 is 0. The lowest BCUT2D eigenvalue weighted by Crippen LogP contribution is -2.47. The van der Waals surface area contributed by atoms with Gasteiger partial charge in [0.1, 0.15) is 0 Å². The Kier molecular flexibility index (Phi) is 3.70. The van der Waals surface area contributed by atoms with Gasteiger partial charge >= 0.3 is 0 Å². The van der Waals surface area contributed by atoms with Crippen LogP contribution in [-0.4, -0.2) is 45.2 Å². The molecule has 1 fully saturated rings. The zero-order chi connectivity index (χ0) is 9.90. The van der Waals surface area contributed by atoms with E-state index in [4.69, 9.17) is 0 Å². The Morgan fingerprint density at radius 3 is 2.77 bits per heavy atom. The highest BCUT2D eigenvalue weighted by atomic mass is 32.2. The second-order valence-electron chi connectivity index (χ2n) is 3.62. The third kappa shape index (κ3) is 4.06. The number of likely N-dealkylation sites (N-methyl/N-ethyl adjacent to an activating group) is 1. The molecule has 13 heavy (non-hydrogen) atoms. The first-order valence-corrected chi connectivity index (χ1v) is 6.60. The van der Waals surface area contributed by atoms with E-state index in [9.17, 15) is 8.42 Å². The van der Waals surface area contributed by atoms with Crippen LogP contribution >= 0.6 is 0 Å². The molecule has 0 amide bonds. The largest absolute Gasteiger partial charge is 0.302 e.